The molecule has 1 aromatic heterocycles. The highest BCUT2D eigenvalue weighted by Gasteiger charge is 2.21. The molecule has 0 aromatic carbocycles. The summed E-state index contributed by atoms with van der Waals surface area (Å²) in [5.74, 6) is 0.690. The molecule has 2 heterocycles. The maximum Gasteiger partial charge on any atom is 0.0621 e. The van der Waals surface area contributed by atoms with Gasteiger partial charge in [-0.15, -0.1) is 0 Å². The van der Waals surface area contributed by atoms with Crippen molar-refractivity contribution in [3.63, 3.8) is 0 Å². The summed E-state index contributed by atoms with van der Waals surface area (Å²) in [6.07, 6.45) is 6.84. The first-order valence-corrected chi connectivity index (χ1v) is 7.07. The SMILES string of the molecule is CCNC(Cc1ccncc1Cl)CC1CCOC1. The van der Waals surface area contributed by atoms with Crippen LogP contribution in [-0.2, 0) is 11.2 Å². The molecular weight excluding hydrogens is 248 g/mol. The minimum Gasteiger partial charge on any atom is -0.381 e. The third-order valence-electron chi connectivity index (χ3n) is 3.46. The standard InChI is InChI=1S/C14H21ClN2O/c1-2-17-13(7-11-4-6-18-10-11)8-12-3-5-16-9-14(12)15/h3,5,9,11,13,17H,2,4,6-8,10H2,1H3. The minimum absolute atomic E-state index is 0.474. The molecule has 0 aliphatic carbocycles. The molecule has 1 saturated heterocycles. The zero-order valence-electron chi connectivity index (χ0n) is 10.9. The molecule has 0 saturated carbocycles. The molecule has 2 rings (SSSR count). The Hall–Kier alpha value is -0.640. The Morgan fingerprint density at radius 1 is 1.61 bits per heavy atom. The summed E-state index contributed by atoms with van der Waals surface area (Å²) in [6, 6.07) is 2.49. The fourth-order valence-electron chi connectivity index (χ4n) is 2.53. The Balaban J connectivity index is 1.94. The van der Waals surface area contributed by atoms with E-state index >= 15 is 0 Å². The van der Waals surface area contributed by atoms with Gasteiger partial charge in [-0.1, -0.05) is 18.5 Å². The highest BCUT2D eigenvalue weighted by molar-refractivity contribution is 6.31. The summed E-state index contributed by atoms with van der Waals surface area (Å²) in [6.45, 7) is 4.96. The van der Waals surface area contributed by atoms with Gasteiger partial charge in [-0.05, 0) is 43.4 Å². The van der Waals surface area contributed by atoms with Crippen LogP contribution in [0.25, 0.3) is 0 Å². The molecule has 1 fully saturated rings. The monoisotopic (exact) mass is 268 g/mol. The van der Waals surface area contributed by atoms with E-state index in [1.165, 1.54) is 12.0 Å². The molecule has 1 aromatic rings. The second kappa shape index (κ2) is 7.07. The fraction of sp³-hybridized carbons (Fsp3) is 0.643. The van der Waals surface area contributed by atoms with E-state index in [0.29, 0.717) is 12.0 Å². The van der Waals surface area contributed by atoms with Gasteiger partial charge in [0, 0.05) is 31.6 Å². The van der Waals surface area contributed by atoms with Crippen molar-refractivity contribution in [2.24, 2.45) is 5.92 Å². The van der Waals surface area contributed by atoms with E-state index in [0.717, 1.165) is 37.6 Å². The number of hydrogen-bond acceptors (Lipinski definition) is 3. The molecule has 1 aliphatic rings. The van der Waals surface area contributed by atoms with Crippen molar-refractivity contribution in [3.8, 4) is 0 Å². The highest BCUT2D eigenvalue weighted by Crippen LogP contribution is 2.22. The number of aromatic nitrogens is 1. The van der Waals surface area contributed by atoms with Crippen LogP contribution in [0.3, 0.4) is 0 Å². The topological polar surface area (TPSA) is 34.2 Å². The van der Waals surface area contributed by atoms with E-state index < -0.39 is 0 Å². The number of ether oxygens (including phenoxy) is 1. The summed E-state index contributed by atoms with van der Waals surface area (Å²) in [5, 5.41) is 4.32. The Morgan fingerprint density at radius 2 is 2.50 bits per heavy atom. The summed E-state index contributed by atoms with van der Waals surface area (Å²) >= 11 is 6.17. The van der Waals surface area contributed by atoms with E-state index in [2.05, 4.69) is 17.2 Å². The van der Waals surface area contributed by atoms with Crippen molar-refractivity contribution < 1.29 is 4.74 Å². The van der Waals surface area contributed by atoms with Gasteiger partial charge in [-0.3, -0.25) is 4.98 Å². The van der Waals surface area contributed by atoms with E-state index in [1.54, 1.807) is 6.20 Å². The smallest absolute Gasteiger partial charge is 0.0621 e. The molecule has 0 spiro atoms. The quantitative estimate of drug-likeness (QED) is 0.861. The van der Waals surface area contributed by atoms with Crippen molar-refractivity contribution >= 4 is 11.6 Å². The average Bonchev–Trinajstić information content (AvgIpc) is 2.85. The normalized spacial score (nSPS) is 21.1. The maximum atomic E-state index is 6.17. The Labute approximate surface area is 114 Å². The number of nitrogens with one attached hydrogen (secondary N) is 1. The van der Waals surface area contributed by atoms with E-state index in [4.69, 9.17) is 16.3 Å². The molecular formula is C14H21ClN2O. The molecule has 100 valence electrons. The lowest BCUT2D eigenvalue weighted by Crippen LogP contribution is -2.33. The second-order valence-electron chi connectivity index (χ2n) is 4.89. The molecule has 2 unspecified atom stereocenters. The van der Waals surface area contributed by atoms with Crippen molar-refractivity contribution in [3.05, 3.63) is 29.0 Å². The molecule has 0 radical (unpaired) electrons. The number of likely N-dealkylation sites (N-methyl/N-ethyl adjacent to an activating group) is 1. The Kier molecular flexibility index (Phi) is 5.42. The van der Waals surface area contributed by atoms with E-state index in [1.807, 2.05) is 12.3 Å². The number of hydrogen-bond donors (Lipinski definition) is 1. The van der Waals surface area contributed by atoms with Gasteiger partial charge in [-0.25, -0.2) is 0 Å². The van der Waals surface area contributed by atoms with Gasteiger partial charge < -0.3 is 10.1 Å². The van der Waals surface area contributed by atoms with E-state index in [9.17, 15) is 0 Å². The predicted octanol–water partition coefficient (Wildman–Crippen LogP) is 2.68. The van der Waals surface area contributed by atoms with Gasteiger partial charge in [0.15, 0.2) is 0 Å². The lowest BCUT2D eigenvalue weighted by atomic mass is 9.95. The first-order valence-electron chi connectivity index (χ1n) is 6.69. The molecule has 0 amide bonds. The lowest BCUT2D eigenvalue weighted by molar-refractivity contribution is 0.181. The average molecular weight is 269 g/mol. The highest BCUT2D eigenvalue weighted by atomic mass is 35.5. The largest absolute Gasteiger partial charge is 0.381 e. The van der Waals surface area contributed by atoms with Gasteiger partial charge in [0.25, 0.3) is 0 Å². The zero-order chi connectivity index (χ0) is 12.8. The maximum absolute atomic E-state index is 6.17. The molecule has 0 bridgehead atoms. The van der Waals surface area contributed by atoms with Gasteiger partial charge >= 0.3 is 0 Å². The van der Waals surface area contributed by atoms with Gasteiger partial charge in [0.1, 0.15) is 0 Å². The Bertz CT molecular complexity index is 367. The number of nitrogens with zero attached hydrogens (tertiary/aromatic N) is 1. The molecule has 4 heteroatoms. The van der Waals surface area contributed by atoms with Gasteiger partial charge in [0.2, 0.25) is 0 Å². The third kappa shape index (κ3) is 3.94. The minimum atomic E-state index is 0.474. The van der Waals surface area contributed by atoms with Crippen LogP contribution in [-0.4, -0.2) is 30.8 Å². The molecule has 2 atom stereocenters. The van der Waals surface area contributed by atoms with E-state index in [-0.39, 0.29) is 0 Å². The summed E-state index contributed by atoms with van der Waals surface area (Å²) in [4.78, 5) is 4.03. The van der Waals surface area contributed by atoms with Crippen molar-refractivity contribution in [1.29, 1.82) is 0 Å². The number of pyridine rings is 1. The second-order valence-corrected chi connectivity index (χ2v) is 5.30. The van der Waals surface area contributed by atoms with Crippen molar-refractivity contribution in [2.45, 2.75) is 32.2 Å². The van der Waals surface area contributed by atoms with Crippen molar-refractivity contribution in [1.82, 2.24) is 10.3 Å². The van der Waals surface area contributed by atoms with Crippen molar-refractivity contribution in [2.75, 3.05) is 19.8 Å². The molecule has 18 heavy (non-hydrogen) atoms. The lowest BCUT2D eigenvalue weighted by Gasteiger charge is -2.21. The third-order valence-corrected chi connectivity index (χ3v) is 3.80. The van der Waals surface area contributed by atoms with Crippen LogP contribution in [0.15, 0.2) is 18.5 Å². The molecule has 1 N–H and O–H groups in total. The van der Waals surface area contributed by atoms with Crippen LogP contribution in [0, 0.1) is 5.92 Å². The van der Waals surface area contributed by atoms with Crippen LogP contribution in [0.5, 0.6) is 0 Å². The van der Waals surface area contributed by atoms with Gasteiger partial charge in [0.05, 0.1) is 5.02 Å². The van der Waals surface area contributed by atoms with Crippen LogP contribution >= 0.6 is 11.6 Å². The van der Waals surface area contributed by atoms with Gasteiger partial charge in [-0.2, -0.15) is 0 Å². The Morgan fingerprint density at radius 3 is 3.17 bits per heavy atom. The first kappa shape index (κ1) is 13.8. The molecule has 3 nitrogen and oxygen atoms in total. The fourth-order valence-corrected chi connectivity index (χ4v) is 2.73. The summed E-state index contributed by atoms with van der Waals surface area (Å²) < 4.78 is 5.45. The van der Waals surface area contributed by atoms with Crippen LogP contribution < -0.4 is 5.32 Å². The number of rotatable bonds is 6. The van der Waals surface area contributed by atoms with Crippen LogP contribution in [0.1, 0.15) is 25.3 Å². The summed E-state index contributed by atoms with van der Waals surface area (Å²) in [5.41, 5.74) is 1.18. The predicted molar refractivity (Wildman–Crippen MR) is 74.0 cm³/mol. The number of halogens is 1. The van der Waals surface area contributed by atoms with Crippen LogP contribution in [0.2, 0.25) is 5.02 Å². The zero-order valence-corrected chi connectivity index (χ0v) is 11.6. The molecule has 1 aliphatic heterocycles. The first-order chi connectivity index (χ1) is 8.79. The van der Waals surface area contributed by atoms with Crippen LogP contribution in [0.4, 0.5) is 0 Å². The summed E-state index contributed by atoms with van der Waals surface area (Å²) in [7, 11) is 0.